The smallest absolute Gasteiger partial charge is 0.0352 e. The molecule has 0 aromatic carbocycles. The lowest BCUT2D eigenvalue weighted by Crippen LogP contribution is -2.15. The highest BCUT2D eigenvalue weighted by atomic mass is 14.2. The molecule has 0 aromatic rings. The molecule has 0 saturated heterocycles. The summed E-state index contributed by atoms with van der Waals surface area (Å²) in [4.78, 5) is 0. The van der Waals surface area contributed by atoms with Gasteiger partial charge in [0.25, 0.3) is 0 Å². The highest BCUT2D eigenvalue weighted by molar-refractivity contribution is 4.70. The van der Waals surface area contributed by atoms with Crippen LogP contribution in [0.3, 0.4) is 0 Å². The maximum Gasteiger partial charge on any atom is -0.0352 e. The topological polar surface area (TPSA) is 0 Å². The van der Waals surface area contributed by atoms with Crippen LogP contribution in [0.5, 0.6) is 0 Å². The van der Waals surface area contributed by atoms with E-state index in [0.717, 1.165) is 5.92 Å². The van der Waals surface area contributed by atoms with Gasteiger partial charge in [0.2, 0.25) is 0 Å². The van der Waals surface area contributed by atoms with Gasteiger partial charge in [0.15, 0.2) is 0 Å². The van der Waals surface area contributed by atoms with Gasteiger partial charge < -0.3 is 0 Å². The summed E-state index contributed by atoms with van der Waals surface area (Å²) in [6.45, 7) is 11.8. The van der Waals surface area contributed by atoms with Gasteiger partial charge in [-0.3, -0.25) is 0 Å². The van der Waals surface area contributed by atoms with Crippen LogP contribution in [0, 0.1) is 11.3 Å². The second-order valence-corrected chi connectivity index (χ2v) is 5.01. The number of hydrogen-bond donors (Lipinski definition) is 0. The molecule has 0 heteroatoms. The molecule has 0 aliphatic carbocycles. The summed E-state index contributed by atoms with van der Waals surface area (Å²) in [5, 5.41) is 0. The third-order valence-electron chi connectivity index (χ3n) is 2.61. The van der Waals surface area contributed by atoms with Crippen molar-refractivity contribution >= 4 is 0 Å². The SMILES string of the molecule is CCCC(C)CC(C)(C)CCC. The first kappa shape index (κ1) is 12.0. The predicted octanol–water partition coefficient (Wildman–Crippen LogP) is 4.64. The van der Waals surface area contributed by atoms with Crippen molar-refractivity contribution < 1.29 is 0 Å². The van der Waals surface area contributed by atoms with E-state index >= 15 is 0 Å². The van der Waals surface area contributed by atoms with Crippen LogP contribution in [0.1, 0.15) is 66.7 Å². The molecule has 0 heterocycles. The first-order valence-electron chi connectivity index (χ1n) is 5.52. The third kappa shape index (κ3) is 5.62. The van der Waals surface area contributed by atoms with E-state index in [1.807, 2.05) is 0 Å². The van der Waals surface area contributed by atoms with Crippen LogP contribution in [0.25, 0.3) is 0 Å². The van der Waals surface area contributed by atoms with Crippen molar-refractivity contribution in [2.75, 3.05) is 0 Å². The molecule has 0 N–H and O–H groups in total. The van der Waals surface area contributed by atoms with Crippen molar-refractivity contribution in [2.45, 2.75) is 66.7 Å². The molecule has 0 nitrogen and oxygen atoms in total. The Hall–Kier alpha value is 0. The fraction of sp³-hybridized carbons (Fsp3) is 1.00. The molecule has 0 radical (unpaired) electrons. The van der Waals surface area contributed by atoms with Crippen molar-refractivity contribution in [1.29, 1.82) is 0 Å². The van der Waals surface area contributed by atoms with Crippen molar-refractivity contribution in [3.05, 3.63) is 0 Å². The number of rotatable bonds is 6. The first-order valence-corrected chi connectivity index (χ1v) is 5.52. The Morgan fingerprint density at radius 2 is 1.67 bits per heavy atom. The van der Waals surface area contributed by atoms with Gasteiger partial charge in [0, 0.05) is 0 Å². The Morgan fingerprint density at radius 1 is 1.08 bits per heavy atom. The maximum absolute atomic E-state index is 2.41. The summed E-state index contributed by atoms with van der Waals surface area (Å²) in [7, 11) is 0. The average Bonchev–Trinajstić information content (AvgIpc) is 1.85. The molecular formula is C12H26. The maximum atomic E-state index is 2.41. The Balaban J connectivity index is 3.70. The van der Waals surface area contributed by atoms with Gasteiger partial charge >= 0.3 is 0 Å². The zero-order chi connectivity index (χ0) is 9.61. The molecule has 0 saturated carbocycles. The van der Waals surface area contributed by atoms with Crippen LogP contribution in [-0.2, 0) is 0 Å². The average molecular weight is 170 g/mol. The van der Waals surface area contributed by atoms with Gasteiger partial charge in [-0.2, -0.15) is 0 Å². The quantitative estimate of drug-likeness (QED) is 0.545. The van der Waals surface area contributed by atoms with Crippen molar-refractivity contribution in [3.63, 3.8) is 0 Å². The van der Waals surface area contributed by atoms with E-state index in [1.165, 1.54) is 32.1 Å². The Labute approximate surface area is 78.8 Å². The Bertz CT molecular complexity index is 103. The van der Waals surface area contributed by atoms with Crippen LogP contribution in [-0.4, -0.2) is 0 Å². The monoisotopic (exact) mass is 170 g/mol. The van der Waals surface area contributed by atoms with Gasteiger partial charge in [-0.15, -0.1) is 0 Å². The molecule has 0 rings (SSSR count). The van der Waals surface area contributed by atoms with Crippen LogP contribution in [0.4, 0.5) is 0 Å². The van der Waals surface area contributed by atoms with Crippen LogP contribution in [0.15, 0.2) is 0 Å². The second kappa shape index (κ2) is 5.61. The minimum absolute atomic E-state index is 0.573. The molecule has 0 aliphatic heterocycles. The van der Waals surface area contributed by atoms with E-state index in [2.05, 4.69) is 34.6 Å². The molecule has 12 heavy (non-hydrogen) atoms. The summed E-state index contributed by atoms with van der Waals surface area (Å²) in [5.41, 5.74) is 0.573. The molecule has 0 spiro atoms. The first-order chi connectivity index (χ1) is 5.52. The Morgan fingerprint density at radius 3 is 2.08 bits per heavy atom. The van der Waals surface area contributed by atoms with E-state index in [4.69, 9.17) is 0 Å². The highest BCUT2D eigenvalue weighted by Crippen LogP contribution is 2.31. The fourth-order valence-electron chi connectivity index (χ4n) is 2.32. The fourth-order valence-corrected chi connectivity index (χ4v) is 2.32. The molecule has 1 atom stereocenters. The number of hydrogen-bond acceptors (Lipinski definition) is 0. The minimum atomic E-state index is 0.573. The molecular weight excluding hydrogens is 144 g/mol. The lowest BCUT2D eigenvalue weighted by atomic mass is 9.79. The normalized spacial score (nSPS) is 14.8. The van der Waals surface area contributed by atoms with Gasteiger partial charge in [-0.1, -0.05) is 53.9 Å². The summed E-state index contributed by atoms with van der Waals surface area (Å²) in [5.74, 6) is 0.913. The van der Waals surface area contributed by atoms with Crippen molar-refractivity contribution in [2.24, 2.45) is 11.3 Å². The van der Waals surface area contributed by atoms with E-state index in [9.17, 15) is 0 Å². The summed E-state index contributed by atoms with van der Waals surface area (Å²) in [6.07, 6.45) is 6.83. The predicted molar refractivity (Wildman–Crippen MR) is 57.4 cm³/mol. The van der Waals surface area contributed by atoms with Gasteiger partial charge in [-0.05, 0) is 24.2 Å². The van der Waals surface area contributed by atoms with Gasteiger partial charge in [-0.25, -0.2) is 0 Å². The molecule has 0 amide bonds. The molecule has 0 fully saturated rings. The van der Waals surface area contributed by atoms with Crippen molar-refractivity contribution in [1.82, 2.24) is 0 Å². The molecule has 0 aromatic heterocycles. The van der Waals surface area contributed by atoms with Crippen LogP contribution >= 0.6 is 0 Å². The molecule has 0 bridgehead atoms. The molecule has 0 aliphatic rings. The van der Waals surface area contributed by atoms with Crippen molar-refractivity contribution in [3.8, 4) is 0 Å². The lowest BCUT2D eigenvalue weighted by Gasteiger charge is -2.27. The van der Waals surface area contributed by atoms with E-state index in [-0.39, 0.29) is 0 Å². The van der Waals surface area contributed by atoms with Crippen LogP contribution < -0.4 is 0 Å². The van der Waals surface area contributed by atoms with E-state index in [0.29, 0.717) is 5.41 Å². The van der Waals surface area contributed by atoms with E-state index < -0.39 is 0 Å². The minimum Gasteiger partial charge on any atom is -0.0654 e. The largest absolute Gasteiger partial charge is 0.0654 e. The zero-order valence-corrected chi connectivity index (χ0v) is 9.61. The van der Waals surface area contributed by atoms with Gasteiger partial charge in [0.1, 0.15) is 0 Å². The van der Waals surface area contributed by atoms with Gasteiger partial charge in [0.05, 0.1) is 0 Å². The van der Waals surface area contributed by atoms with E-state index in [1.54, 1.807) is 0 Å². The lowest BCUT2D eigenvalue weighted by molar-refractivity contribution is 0.246. The standard InChI is InChI=1S/C12H26/c1-6-8-11(3)10-12(4,5)9-7-2/h11H,6-10H2,1-5H3. The third-order valence-corrected chi connectivity index (χ3v) is 2.61. The summed E-state index contributed by atoms with van der Waals surface area (Å²) in [6, 6.07) is 0. The summed E-state index contributed by atoms with van der Waals surface area (Å²) < 4.78 is 0. The zero-order valence-electron chi connectivity index (χ0n) is 9.61. The second-order valence-electron chi connectivity index (χ2n) is 5.01. The highest BCUT2D eigenvalue weighted by Gasteiger charge is 2.19. The molecule has 74 valence electrons. The Kier molecular flexibility index (Phi) is 5.61. The molecule has 1 unspecified atom stereocenters. The van der Waals surface area contributed by atoms with Crippen LogP contribution in [0.2, 0.25) is 0 Å². The summed E-state index contributed by atoms with van der Waals surface area (Å²) >= 11 is 0.